The van der Waals surface area contributed by atoms with Crippen molar-refractivity contribution in [3.8, 4) is 5.75 Å². The van der Waals surface area contributed by atoms with Gasteiger partial charge in [0.25, 0.3) is 0 Å². The van der Waals surface area contributed by atoms with E-state index in [0.29, 0.717) is 11.6 Å². The van der Waals surface area contributed by atoms with E-state index in [9.17, 15) is 9.90 Å². The first-order chi connectivity index (χ1) is 9.54. The molecule has 2 aromatic carbocycles. The maximum atomic E-state index is 11.0. The molecule has 0 spiro atoms. The van der Waals surface area contributed by atoms with E-state index in [-0.39, 0.29) is 11.7 Å². The number of carbonyl (C=O) groups excluding carboxylic acids is 1. The summed E-state index contributed by atoms with van der Waals surface area (Å²) in [4.78, 5) is 11.0. The van der Waals surface area contributed by atoms with Crippen LogP contribution in [0.3, 0.4) is 0 Å². The molecule has 0 aliphatic carbocycles. The maximum Gasteiger partial charge on any atom is 0.221 e. The van der Waals surface area contributed by atoms with Gasteiger partial charge in [-0.15, -0.1) is 0 Å². The molecule has 0 fully saturated rings. The SMILES string of the molecule is CC(=O)Nc1cccc(NCc2ccc(O)c(Cl)c2)c1. The Labute approximate surface area is 122 Å². The van der Waals surface area contributed by atoms with Gasteiger partial charge in [-0.25, -0.2) is 0 Å². The number of aromatic hydroxyl groups is 1. The molecular formula is C15H15ClN2O2. The standard InChI is InChI=1S/C15H15ClN2O2/c1-10(19)18-13-4-2-3-12(8-13)17-9-11-5-6-15(20)14(16)7-11/h2-8,17,20H,9H2,1H3,(H,18,19). The highest BCUT2D eigenvalue weighted by Gasteiger charge is 2.01. The number of phenolic OH excluding ortho intramolecular Hbond substituents is 1. The number of halogens is 1. The predicted molar refractivity (Wildman–Crippen MR) is 81.2 cm³/mol. The third-order valence-electron chi connectivity index (χ3n) is 2.69. The van der Waals surface area contributed by atoms with Crippen LogP contribution in [0.2, 0.25) is 5.02 Å². The van der Waals surface area contributed by atoms with E-state index in [1.54, 1.807) is 18.2 Å². The van der Waals surface area contributed by atoms with E-state index >= 15 is 0 Å². The zero-order valence-corrected chi connectivity index (χ0v) is 11.7. The minimum Gasteiger partial charge on any atom is -0.506 e. The molecule has 5 heteroatoms. The topological polar surface area (TPSA) is 61.4 Å². The van der Waals surface area contributed by atoms with Gasteiger partial charge in [-0.1, -0.05) is 23.7 Å². The van der Waals surface area contributed by atoms with Gasteiger partial charge in [-0.3, -0.25) is 4.79 Å². The first kappa shape index (κ1) is 14.2. The maximum absolute atomic E-state index is 11.0. The summed E-state index contributed by atoms with van der Waals surface area (Å²) in [6.07, 6.45) is 0. The summed E-state index contributed by atoms with van der Waals surface area (Å²) < 4.78 is 0. The largest absolute Gasteiger partial charge is 0.506 e. The quantitative estimate of drug-likeness (QED) is 0.806. The summed E-state index contributed by atoms with van der Waals surface area (Å²) in [5, 5.41) is 15.6. The summed E-state index contributed by atoms with van der Waals surface area (Å²) in [5.74, 6) is -0.0319. The molecule has 0 heterocycles. The van der Waals surface area contributed by atoms with Crippen molar-refractivity contribution < 1.29 is 9.90 Å². The highest BCUT2D eigenvalue weighted by Crippen LogP contribution is 2.24. The summed E-state index contributed by atoms with van der Waals surface area (Å²) in [5.41, 5.74) is 2.59. The van der Waals surface area contributed by atoms with Crippen LogP contribution in [0.25, 0.3) is 0 Å². The highest BCUT2D eigenvalue weighted by atomic mass is 35.5. The van der Waals surface area contributed by atoms with Gasteiger partial charge in [-0.05, 0) is 35.9 Å². The number of carbonyl (C=O) groups is 1. The number of rotatable bonds is 4. The number of anilines is 2. The second-order valence-corrected chi connectivity index (χ2v) is 4.81. The Morgan fingerprint density at radius 2 is 1.95 bits per heavy atom. The Morgan fingerprint density at radius 3 is 2.65 bits per heavy atom. The number of benzene rings is 2. The number of hydrogen-bond donors (Lipinski definition) is 3. The van der Waals surface area contributed by atoms with Crippen LogP contribution in [0.5, 0.6) is 5.75 Å². The first-order valence-corrected chi connectivity index (χ1v) is 6.51. The van der Waals surface area contributed by atoms with Crippen LogP contribution in [-0.4, -0.2) is 11.0 Å². The molecule has 0 atom stereocenters. The Kier molecular flexibility index (Phi) is 4.48. The molecule has 20 heavy (non-hydrogen) atoms. The fraction of sp³-hybridized carbons (Fsp3) is 0.133. The van der Waals surface area contributed by atoms with Crippen molar-refractivity contribution >= 4 is 28.9 Å². The molecule has 104 valence electrons. The Balaban J connectivity index is 2.03. The molecule has 3 N–H and O–H groups in total. The smallest absolute Gasteiger partial charge is 0.221 e. The van der Waals surface area contributed by atoms with E-state index in [4.69, 9.17) is 11.6 Å². The van der Waals surface area contributed by atoms with Crippen LogP contribution in [0.15, 0.2) is 42.5 Å². The van der Waals surface area contributed by atoms with Crippen LogP contribution >= 0.6 is 11.6 Å². The van der Waals surface area contributed by atoms with Crippen molar-refractivity contribution in [2.24, 2.45) is 0 Å². The van der Waals surface area contributed by atoms with Gasteiger partial charge in [0.1, 0.15) is 5.75 Å². The Morgan fingerprint density at radius 1 is 1.20 bits per heavy atom. The van der Waals surface area contributed by atoms with Gasteiger partial charge in [0, 0.05) is 24.8 Å². The number of phenols is 1. The molecule has 0 aliphatic heterocycles. The minimum atomic E-state index is -0.104. The molecule has 0 saturated heterocycles. The van der Waals surface area contributed by atoms with Gasteiger partial charge in [-0.2, -0.15) is 0 Å². The van der Waals surface area contributed by atoms with E-state index in [1.807, 2.05) is 24.3 Å². The van der Waals surface area contributed by atoms with E-state index in [0.717, 1.165) is 16.9 Å². The Bertz CT molecular complexity index is 629. The van der Waals surface area contributed by atoms with Crippen LogP contribution in [0.4, 0.5) is 11.4 Å². The van der Waals surface area contributed by atoms with Gasteiger partial charge in [0.05, 0.1) is 5.02 Å². The molecule has 0 aromatic heterocycles. The molecule has 0 saturated carbocycles. The van der Waals surface area contributed by atoms with Crippen molar-refractivity contribution in [2.45, 2.75) is 13.5 Å². The second-order valence-electron chi connectivity index (χ2n) is 4.40. The van der Waals surface area contributed by atoms with Crippen LogP contribution in [0.1, 0.15) is 12.5 Å². The Hall–Kier alpha value is -2.20. The second kappa shape index (κ2) is 6.30. The van der Waals surface area contributed by atoms with Crippen molar-refractivity contribution in [3.05, 3.63) is 53.1 Å². The summed E-state index contributed by atoms with van der Waals surface area (Å²) in [6, 6.07) is 12.5. The number of amides is 1. The molecule has 4 nitrogen and oxygen atoms in total. The molecule has 0 aliphatic rings. The number of hydrogen-bond acceptors (Lipinski definition) is 3. The molecule has 1 amide bonds. The molecule has 2 aromatic rings. The fourth-order valence-electron chi connectivity index (χ4n) is 1.77. The lowest BCUT2D eigenvalue weighted by Crippen LogP contribution is -2.06. The third-order valence-corrected chi connectivity index (χ3v) is 2.99. The van der Waals surface area contributed by atoms with E-state index in [1.165, 1.54) is 6.92 Å². The zero-order valence-electron chi connectivity index (χ0n) is 11.0. The van der Waals surface area contributed by atoms with Crippen LogP contribution in [-0.2, 0) is 11.3 Å². The lowest BCUT2D eigenvalue weighted by molar-refractivity contribution is -0.114. The van der Waals surface area contributed by atoms with Crippen LogP contribution in [0, 0.1) is 0 Å². The predicted octanol–water partition coefficient (Wildman–Crippen LogP) is 3.62. The minimum absolute atomic E-state index is 0.0723. The van der Waals surface area contributed by atoms with Crippen molar-refractivity contribution in [3.63, 3.8) is 0 Å². The molecule has 0 radical (unpaired) electrons. The van der Waals surface area contributed by atoms with Gasteiger partial charge < -0.3 is 15.7 Å². The van der Waals surface area contributed by atoms with Crippen molar-refractivity contribution in [1.29, 1.82) is 0 Å². The van der Waals surface area contributed by atoms with Gasteiger partial charge >= 0.3 is 0 Å². The van der Waals surface area contributed by atoms with Gasteiger partial charge in [0.2, 0.25) is 5.91 Å². The van der Waals surface area contributed by atoms with E-state index < -0.39 is 0 Å². The average molecular weight is 291 g/mol. The molecule has 0 unspecified atom stereocenters. The van der Waals surface area contributed by atoms with Crippen molar-refractivity contribution in [2.75, 3.05) is 10.6 Å². The number of nitrogens with one attached hydrogen (secondary N) is 2. The zero-order chi connectivity index (χ0) is 14.5. The summed E-state index contributed by atoms with van der Waals surface area (Å²) >= 11 is 5.85. The lowest BCUT2D eigenvalue weighted by atomic mass is 10.2. The third kappa shape index (κ3) is 3.90. The highest BCUT2D eigenvalue weighted by molar-refractivity contribution is 6.32. The monoisotopic (exact) mass is 290 g/mol. The molecule has 0 bridgehead atoms. The van der Waals surface area contributed by atoms with Crippen LogP contribution < -0.4 is 10.6 Å². The summed E-state index contributed by atoms with van der Waals surface area (Å²) in [6.45, 7) is 2.04. The van der Waals surface area contributed by atoms with Crippen molar-refractivity contribution in [1.82, 2.24) is 0 Å². The average Bonchev–Trinajstić information content (AvgIpc) is 2.40. The normalized spacial score (nSPS) is 10.1. The van der Waals surface area contributed by atoms with Gasteiger partial charge in [0.15, 0.2) is 0 Å². The fourth-order valence-corrected chi connectivity index (χ4v) is 1.98. The van der Waals surface area contributed by atoms with E-state index in [2.05, 4.69) is 10.6 Å². The first-order valence-electron chi connectivity index (χ1n) is 6.13. The summed E-state index contributed by atoms with van der Waals surface area (Å²) in [7, 11) is 0. The lowest BCUT2D eigenvalue weighted by Gasteiger charge is -2.09. The molecule has 2 rings (SSSR count). The molecular weight excluding hydrogens is 276 g/mol.